The predicted molar refractivity (Wildman–Crippen MR) is 113 cm³/mol. The number of carbonyl (C=O) groups excluding carboxylic acids is 2. The van der Waals surface area contributed by atoms with E-state index in [4.69, 9.17) is 0 Å². The van der Waals surface area contributed by atoms with E-state index >= 15 is 0 Å². The van der Waals surface area contributed by atoms with Crippen LogP contribution in [0.5, 0.6) is 0 Å². The van der Waals surface area contributed by atoms with E-state index in [0.29, 0.717) is 30.3 Å². The van der Waals surface area contributed by atoms with Gasteiger partial charge in [-0.3, -0.25) is 14.3 Å². The van der Waals surface area contributed by atoms with Gasteiger partial charge in [0.15, 0.2) is 0 Å². The Morgan fingerprint density at radius 1 is 1.18 bits per heavy atom. The Balaban J connectivity index is 2.11. The lowest BCUT2D eigenvalue weighted by Gasteiger charge is -2.19. The fourth-order valence-electron chi connectivity index (χ4n) is 3.30. The van der Waals surface area contributed by atoms with Crippen molar-refractivity contribution in [2.24, 2.45) is 5.92 Å². The van der Waals surface area contributed by atoms with Crippen LogP contribution in [0.15, 0.2) is 24.3 Å². The molecule has 2 aromatic rings. The second-order valence-electron chi connectivity index (χ2n) is 7.51. The van der Waals surface area contributed by atoms with Gasteiger partial charge in [0.1, 0.15) is 0 Å². The summed E-state index contributed by atoms with van der Waals surface area (Å²) in [6.07, 6.45) is 0.268. The number of hydrogen-bond donors (Lipinski definition) is 1. The first kappa shape index (κ1) is 21.7. The molecule has 1 N–H and O–H groups in total. The topological polar surface area (TPSA) is 67.2 Å². The Bertz CT molecular complexity index is 835. The van der Waals surface area contributed by atoms with Crippen molar-refractivity contribution in [3.05, 3.63) is 46.8 Å². The molecule has 1 aromatic heterocycles. The van der Waals surface area contributed by atoms with Crippen LogP contribution in [0.2, 0.25) is 0 Å². The first-order chi connectivity index (χ1) is 13.3. The highest BCUT2D eigenvalue weighted by atomic mass is 16.2. The van der Waals surface area contributed by atoms with Crippen LogP contribution in [0.25, 0.3) is 0 Å². The number of benzene rings is 1. The Kier molecular flexibility index (Phi) is 7.38. The van der Waals surface area contributed by atoms with E-state index in [0.717, 1.165) is 23.5 Å². The van der Waals surface area contributed by atoms with Crippen molar-refractivity contribution in [3.8, 4) is 0 Å². The smallest absolute Gasteiger partial charge is 0.253 e. The molecule has 0 radical (unpaired) electrons. The molecule has 28 heavy (non-hydrogen) atoms. The summed E-state index contributed by atoms with van der Waals surface area (Å²) in [7, 11) is 0. The highest BCUT2D eigenvalue weighted by Gasteiger charge is 2.17. The lowest BCUT2D eigenvalue weighted by atomic mass is 10.1. The van der Waals surface area contributed by atoms with Crippen LogP contribution in [0, 0.1) is 19.8 Å². The van der Waals surface area contributed by atoms with Crippen molar-refractivity contribution >= 4 is 17.5 Å². The number of nitrogens with zero attached hydrogens (tertiary/aromatic N) is 3. The summed E-state index contributed by atoms with van der Waals surface area (Å²) in [4.78, 5) is 26.9. The van der Waals surface area contributed by atoms with Gasteiger partial charge in [-0.15, -0.1) is 0 Å². The van der Waals surface area contributed by atoms with Crippen molar-refractivity contribution in [1.29, 1.82) is 0 Å². The average molecular weight is 385 g/mol. The molecule has 0 aliphatic rings. The summed E-state index contributed by atoms with van der Waals surface area (Å²) in [6, 6.07) is 7.11. The van der Waals surface area contributed by atoms with Crippen molar-refractivity contribution in [3.63, 3.8) is 0 Å². The fraction of sp³-hybridized carbons (Fsp3) is 0.500. The molecule has 0 saturated heterocycles. The van der Waals surface area contributed by atoms with E-state index in [-0.39, 0.29) is 18.2 Å². The zero-order valence-corrected chi connectivity index (χ0v) is 17.9. The predicted octanol–water partition coefficient (Wildman–Crippen LogP) is 3.82. The molecular weight excluding hydrogens is 352 g/mol. The van der Waals surface area contributed by atoms with Crippen LogP contribution in [0.4, 0.5) is 5.69 Å². The number of rotatable bonds is 8. The normalized spacial score (nSPS) is 11.0. The second-order valence-corrected chi connectivity index (χ2v) is 7.51. The Morgan fingerprint density at radius 3 is 2.46 bits per heavy atom. The molecule has 6 nitrogen and oxygen atoms in total. The van der Waals surface area contributed by atoms with E-state index in [9.17, 15) is 9.59 Å². The minimum atomic E-state index is -0.109. The molecule has 0 fully saturated rings. The number of amides is 2. The third-order valence-electron chi connectivity index (χ3n) is 4.85. The largest absolute Gasteiger partial charge is 0.339 e. The zero-order valence-electron chi connectivity index (χ0n) is 17.9. The van der Waals surface area contributed by atoms with Crippen LogP contribution in [-0.4, -0.2) is 39.6 Å². The van der Waals surface area contributed by atoms with Crippen LogP contribution in [0.3, 0.4) is 0 Å². The van der Waals surface area contributed by atoms with E-state index in [1.165, 1.54) is 0 Å². The summed E-state index contributed by atoms with van der Waals surface area (Å²) in [6.45, 7) is 14.3. The van der Waals surface area contributed by atoms with Gasteiger partial charge >= 0.3 is 0 Å². The van der Waals surface area contributed by atoms with E-state index in [2.05, 4.69) is 24.3 Å². The number of anilines is 1. The van der Waals surface area contributed by atoms with Gasteiger partial charge < -0.3 is 10.2 Å². The van der Waals surface area contributed by atoms with Crippen molar-refractivity contribution in [1.82, 2.24) is 14.7 Å². The number of hydrogen-bond acceptors (Lipinski definition) is 3. The fourth-order valence-corrected chi connectivity index (χ4v) is 3.30. The van der Waals surface area contributed by atoms with Gasteiger partial charge in [0.25, 0.3) is 5.91 Å². The lowest BCUT2D eigenvalue weighted by Crippen LogP contribution is -2.30. The first-order valence-corrected chi connectivity index (χ1v) is 9.98. The Labute approximate surface area is 167 Å². The summed E-state index contributed by atoms with van der Waals surface area (Å²) < 4.78 is 1.98. The molecule has 0 atom stereocenters. The summed E-state index contributed by atoms with van der Waals surface area (Å²) in [5, 5.41) is 7.49. The van der Waals surface area contributed by atoms with Crippen LogP contribution in [0.1, 0.15) is 55.0 Å². The molecule has 6 heteroatoms. The molecular formula is C22H32N4O2. The van der Waals surface area contributed by atoms with Crippen molar-refractivity contribution in [2.45, 2.75) is 54.5 Å². The van der Waals surface area contributed by atoms with Crippen LogP contribution in [-0.2, 0) is 17.8 Å². The zero-order chi connectivity index (χ0) is 20.8. The lowest BCUT2D eigenvalue weighted by molar-refractivity contribution is -0.115. The highest BCUT2D eigenvalue weighted by Crippen LogP contribution is 2.17. The van der Waals surface area contributed by atoms with Crippen molar-refractivity contribution < 1.29 is 9.59 Å². The maximum atomic E-state index is 12.6. The van der Waals surface area contributed by atoms with E-state index in [1.807, 2.05) is 32.4 Å². The van der Waals surface area contributed by atoms with Gasteiger partial charge in [-0.2, -0.15) is 5.10 Å². The van der Waals surface area contributed by atoms with Crippen LogP contribution >= 0.6 is 0 Å². The Morgan fingerprint density at radius 2 is 1.86 bits per heavy atom. The molecule has 2 amide bonds. The molecule has 0 spiro atoms. The molecule has 0 aliphatic carbocycles. The molecule has 2 rings (SSSR count). The molecule has 0 aliphatic heterocycles. The highest BCUT2D eigenvalue weighted by molar-refractivity contribution is 5.97. The quantitative estimate of drug-likeness (QED) is 0.752. The number of carbonyl (C=O) groups is 2. The molecule has 0 bridgehead atoms. The van der Waals surface area contributed by atoms with Gasteiger partial charge in [-0.25, -0.2) is 0 Å². The second kappa shape index (κ2) is 9.53. The summed E-state index contributed by atoms with van der Waals surface area (Å²) >= 11 is 0. The van der Waals surface area contributed by atoms with E-state index in [1.54, 1.807) is 29.2 Å². The average Bonchev–Trinajstić information content (AvgIpc) is 2.89. The maximum Gasteiger partial charge on any atom is 0.253 e. The SMILES string of the molecule is CCN(CC)C(=O)c1cccc(NC(=O)Cc2c(C)nn(CC(C)C)c2C)c1. The van der Waals surface area contributed by atoms with Gasteiger partial charge in [0, 0.05) is 42.1 Å². The van der Waals surface area contributed by atoms with Gasteiger partial charge in [0.05, 0.1) is 12.1 Å². The molecule has 152 valence electrons. The number of aryl methyl sites for hydroxylation is 1. The minimum Gasteiger partial charge on any atom is -0.339 e. The van der Waals surface area contributed by atoms with Gasteiger partial charge in [-0.1, -0.05) is 19.9 Å². The van der Waals surface area contributed by atoms with Crippen molar-refractivity contribution in [2.75, 3.05) is 18.4 Å². The third kappa shape index (κ3) is 5.21. The van der Waals surface area contributed by atoms with Gasteiger partial charge in [0.2, 0.25) is 5.91 Å². The first-order valence-electron chi connectivity index (χ1n) is 9.98. The van der Waals surface area contributed by atoms with Gasteiger partial charge in [-0.05, 0) is 51.8 Å². The Hall–Kier alpha value is -2.63. The molecule has 1 heterocycles. The summed E-state index contributed by atoms with van der Waals surface area (Å²) in [5.41, 5.74) is 4.10. The number of nitrogens with one attached hydrogen (secondary N) is 1. The standard InChI is InChI=1S/C22H32N4O2/c1-7-25(8-2)22(28)18-10-9-11-19(12-18)23-21(27)13-20-16(5)24-26(17(20)6)14-15(3)4/h9-12,15H,7-8,13-14H2,1-6H3,(H,23,27). The molecule has 1 aromatic carbocycles. The maximum absolute atomic E-state index is 12.6. The number of aromatic nitrogens is 2. The monoisotopic (exact) mass is 384 g/mol. The third-order valence-corrected chi connectivity index (χ3v) is 4.85. The molecule has 0 unspecified atom stereocenters. The van der Waals surface area contributed by atoms with E-state index < -0.39 is 0 Å². The minimum absolute atomic E-state index is 0.0252. The molecule has 0 saturated carbocycles. The summed E-state index contributed by atoms with van der Waals surface area (Å²) in [5.74, 6) is 0.358. The van der Waals surface area contributed by atoms with Crippen LogP contribution < -0.4 is 5.32 Å².